The van der Waals surface area contributed by atoms with Gasteiger partial charge < -0.3 is 9.88 Å². The van der Waals surface area contributed by atoms with Crippen molar-refractivity contribution >= 4 is 17.2 Å². The van der Waals surface area contributed by atoms with Crippen LogP contribution in [0.2, 0.25) is 0 Å². The summed E-state index contributed by atoms with van der Waals surface area (Å²) in [5.41, 5.74) is 2.34. The lowest BCUT2D eigenvalue weighted by molar-refractivity contribution is -0.121. The fourth-order valence-corrected chi connectivity index (χ4v) is 2.52. The lowest BCUT2D eigenvalue weighted by atomic mass is 10.2. The Balaban J connectivity index is 1.76. The van der Waals surface area contributed by atoms with Gasteiger partial charge in [0.25, 0.3) is 0 Å². The van der Waals surface area contributed by atoms with Crippen molar-refractivity contribution < 1.29 is 4.79 Å². The molecule has 2 heterocycles. The van der Waals surface area contributed by atoms with Crippen molar-refractivity contribution in [3.63, 3.8) is 0 Å². The van der Waals surface area contributed by atoms with Crippen molar-refractivity contribution in [3.8, 4) is 0 Å². The Hall–Kier alpha value is -1.55. The largest absolute Gasteiger partial charge is 0.351 e. The Labute approximate surface area is 111 Å². The van der Waals surface area contributed by atoms with Gasteiger partial charge >= 0.3 is 0 Å². The molecule has 0 aliphatic heterocycles. The van der Waals surface area contributed by atoms with Gasteiger partial charge in [-0.25, -0.2) is 0 Å². The number of aromatic nitrogens is 1. The number of nitrogens with one attached hydrogen (secondary N) is 1. The zero-order valence-corrected chi connectivity index (χ0v) is 11.6. The van der Waals surface area contributed by atoms with Gasteiger partial charge in [-0.05, 0) is 36.9 Å². The van der Waals surface area contributed by atoms with Gasteiger partial charge in [-0.15, -0.1) is 11.3 Å². The molecule has 18 heavy (non-hydrogen) atoms. The minimum absolute atomic E-state index is 0.113. The number of rotatable bonds is 5. The maximum Gasteiger partial charge on any atom is 0.220 e. The zero-order valence-electron chi connectivity index (χ0n) is 10.8. The molecular formula is C14H18N2OS. The van der Waals surface area contributed by atoms with E-state index < -0.39 is 0 Å². The maximum atomic E-state index is 11.7. The first kappa shape index (κ1) is 12.9. The van der Waals surface area contributed by atoms with Gasteiger partial charge in [-0.1, -0.05) is 6.07 Å². The van der Waals surface area contributed by atoms with Crippen LogP contribution in [-0.4, -0.2) is 10.5 Å². The second-order valence-corrected chi connectivity index (χ2v) is 5.41. The van der Waals surface area contributed by atoms with E-state index in [1.807, 2.05) is 18.5 Å². The van der Waals surface area contributed by atoms with Crippen LogP contribution in [0.1, 0.15) is 22.7 Å². The van der Waals surface area contributed by atoms with E-state index in [4.69, 9.17) is 0 Å². The summed E-state index contributed by atoms with van der Waals surface area (Å²) < 4.78 is 2.10. The highest BCUT2D eigenvalue weighted by Gasteiger charge is 2.05. The molecule has 2 aromatic rings. The van der Waals surface area contributed by atoms with Crippen molar-refractivity contribution in [3.05, 3.63) is 45.9 Å². The quantitative estimate of drug-likeness (QED) is 0.883. The highest BCUT2D eigenvalue weighted by molar-refractivity contribution is 7.09. The number of aryl methyl sites for hydroxylation is 2. The SMILES string of the molecule is Cc1ccc(CNC(=O)CCc2cccs2)n1C. The van der Waals surface area contributed by atoms with Crippen molar-refractivity contribution in [2.45, 2.75) is 26.3 Å². The van der Waals surface area contributed by atoms with Crippen LogP contribution < -0.4 is 5.32 Å². The van der Waals surface area contributed by atoms with Crippen LogP contribution in [0.3, 0.4) is 0 Å². The summed E-state index contributed by atoms with van der Waals surface area (Å²) in [6.45, 7) is 2.66. The van der Waals surface area contributed by atoms with Gasteiger partial charge in [0.05, 0.1) is 6.54 Å². The van der Waals surface area contributed by atoms with E-state index in [2.05, 4.69) is 35.0 Å². The van der Waals surface area contributed by atoms with E-state index in [9.17, 15) is 4.79 Å². The molecular weight excluding hydrogens is 244 g/mol. The van der Waals surface area contributed by atoms with Gasteiger partial charge in [0.2, 0.25) is 5.91 Å². The monoisotopic (exact) mass is 262 g/mol. The van der Waals surface area contributed by atoms with Crippen LogP contribution in [0, 0.1) is 6.92 Å². The van der Waals surface area contributed by atoms with Crippen LogP contribution >= 0.6 is 11.3 Å². The minimum Gasteiger partial charge on any atom is -0.351 e. The zero-order chi connectivity index (χ0) is 13.0. The molecule has 0 aliphatic carbocycles. The van der Waals surface area contributed by atoms with E-state index >= 15 is 0 Å². The fraction of sp³-hybridized carbons (Fsp3) is 0.357. The Bertz CT molecular complexity index is 514. The molecule has 0 fully saturated rings. The number of amides is 1. The summed E-state index contributed by atoms with van der Waals surface area (Å²) in [4.78, 5) is 13.0. The summed E-state index contributed by atoms with van der Waals surface area (Å²) in [6, 6.07) is 8.20. The third-order valence-electron chi connectivity index (χ3n) is 3.12. The Morgan fingerprint density at radius 3 is 2.83 bits per heavy atom. The van der Waals surface area contributed by atoms with E-state index in [0.717, 1.165) is 12.1 Å². The topological polar surface area (TPSA) is 34.0 Å². The molecule has 2 rings (SSSR count). The number of thiophene rings is 1. The Morgan fingerprint density at radius 1 is 1.39 bits per heavy atom. The predicted molar refractivity (Wildman–Crippen MR) is 74.6 cm³/mol. The first-order chi connectivity index (χ1) is 8.66. The molecule has 0 aliphatic rings. The average Bonchev–Trinajstić information content (AvgIpc) is 2.97. The highest BCUT2D eigenvalue weighted by Crippen LogP contribution is 2.11. The second-order valence-electron chi connectivity index (χ2n) is 4.38. The summed E-state index contributed by atoms with van der Waals surface area (Å²) in [5, 5.41) is 5.00. The standard InChI is InChI=1S/C14H18N2OS/c1-11-5-6-12(16(11)2)10-15-14(17)8-7-13-4-3-9-18-13/h3-6,9H,7-8,10H2,1-2H3,(H,15,17). The van der Waals surface area contributed by atoms with Gasteiger partial charge in [-0.3, -0.25) is 4.79 Å². The molecule has 0 bridgehead atoms. The van der Waals surface area contributed by atoms with Crippen LogP contribution in [-0.2, 0) is 24.8 Å². The van der Waals surface area contributed by atoms with Crippen molar-refractivity contribution in [2.75, 3.05) is 0 Å². The van der Waals surface area contributed by atoms with E-state index in [-0.39, 0.29) is 5.91 Å². The molecule has 0 unspecified atom stereocenters. The molecule has 1 N–H and O–H groups in total. The first-order valence-electron chi connectivity index (χ1n) is 6.07. The Kier molecular flexibility index (Phi) is 4.20. The number of nitrogens with zero attached hydrogens (tertiary/aromatic N) is 1. The summed E-state index contributed by atoms with van der Waals surface area (Å²) in [7, 11) is 2.02. The van der Waals surface area contributed by atoms with E-state index in [0.29, 0.717) is 13.0 Å². The lowest BCUT2D eigenvalue weighted by Gasteiger charge is -2.07. The van der Waals surface area contributed by atoms with Crippen LogP contribution in [0.25, 0.3) is 0 Å². The van der Waals surface area contributed by atoms with Crippen LogP contribution in [0.5, 0.6) is 0 Å². The van der Waals surface area contributed by atoms with Gasteiger partial charge in [-0.2, -0.15) is 0 Å². The summed E-state index contributed by atoms with van der Waals surface area (Å²) in [6.07, 6.45) is 1.39. The number of hydrogen-bond donors (Lipinski definition) is 1. The van der Waals surface area contributed by atoms with Crippen molar-refractivity contribution in [1.29, 1.82) is 0 Å². The van der Waals surface area contributed by atoms with E-state index in [1.54, 1.807) is 11.3 Å². The fourth-order valence-electron chi connectivity index (χ4n) is 1.81. The summed E-state index contributed by atoms with van der Waals surface area (Å²) >= 11 is 1.70. The van der Waals surface area contributed by atoms with E-state index in [1.165, 1.54) is 10.6 Å². The maximum absolute atomic E-state index is 11.7. The molecule has 0 spiro atoms. The second kappa shape index (κ2) is 5.87. The molecule has 1 amide bonds. The lowest BCUT2D eigenvalue weighted by Crippen LogP contribution is -2.24. The Morgan fingerprint density at radius 2 is 2.22 bits per heavy atom. The molecule has 2 aromatic heterocycles. The van der Waals surface area contributed by atoms with Crippen molar-refractivity contribution in [1.82, 2.24) is 9.88 Å². The highest BCUT2D eigenvalue weighted by atomic mass is 32.1. The van der Waals surface area contributed by atoms with Crippen LogP contribution in [0.15, 0.2) is 29.6 Å². The molecule has 0 atom stereocenters. The van der Waals surface area contributed by atoms with Gasteiger partial charge in [0.15, 0.2) is 0 Å². The first-order valence-corrected chi connectivity index (χ1v) is 6.95. The van der Waals surface area contributed by atoms with Crippen molar-refractivity contribution in [2.24, 2.45) is 7.05 Å². The molecule has 0 saturated carbocycles. The predicted octanol–water partition coefficient (Wildman–Crippen LogP) is 2.64. The molecule has 96 valence electrons. The third kappa shape index (κ3) is 3.23. The smallest absolute Gasteiger partial charge is 0.220 e. The van der Waals surface area contributed by atoms with Gasteiger partial charge in [0, 0.05) is 29.7 Å². The molecule has 0 aromatic carbocycles. The molecule has 3 nitrogen and oxygen atoms in total. The third-order valence-corrected chi connectivity index (χ3v) is 4.06. The average molecular weight is 262 g/mol. The molecule has 4 heteroatoms. The normalized spacial score (nSPS) is 10.6. The number of carbonyl (C=O) groups is 1. The summed E-state index contributed by atoms with van der Waals surface area (Å²) in [5.74, 6) is 0.113. The number of hydrogen-bond acceptors (Lipinski definition) is 2. The number of carbonyl (C=O) groups excluding carboxylic acids is 1. The van der Waals surface area contributed by atoms with Gasteiger partial charge in [0.1, 0.15) is 0 Å². The van der Waals surface area contributed by atoms with Crippen LogP contribution in [0.4, 0.5) is 0 Å². The molecule has 0 saturated heterocycles. The minimum atomic E-state index is 0.113. The molecule has 0 radical (unpaired) electrons.